The van der Waals surface area contributed by atoms with Gasteiger partial charge in [-0.1, -0.05) is 0 Å². The van der Waals surface area contributed by atoms with Crippen molar-refractivity contribution in [2.24, 2.45) is 11.3 Å². The summed E-state index contributed by atoms with van der Waals surface area (Å²) in [5, 5.41) is 3.47. The molecule has 0 atom stereocenters. The molecule has 1 aromatic carbocycles. The second-order valence-corrected chi connectivity index (χ2v) is 8.45. The lowest BCUT2D eigenvalue weighted by Gasteiger charge is -2.16. The highest BCUT2D eigenvalue weighted by molar-refractivity contribution is 7.89. The fourth-order valence-electron chi connectivity index (χ4n) is 2.82. The molecular formula is C15H22N2O2S. The van der Waals surface area contributed by atoms with E-state index in [1.54, 1.807) is 26.2 Å². The summed E-state index contributed by atoms with van der Waals surface area (Å²) in [4.78, 5) is 0.344. The Morgan fingerprint density at radius 3 is 2.25 bits per heavy atom. The zero-order chi connectivity index (χ0) is 14.4. The van der Waals surface area contributed by atoms with Crippen LogP contribution in [0.1, 0.15) is 25.7 Å². The maximum absolute atomic E-state index is 12.0. The summed E-state index contributed by atoms with van der Waals surface area (Å²) in [5.74, 6) is 0.934. The lowest BCUT2D eigenvalue weighted by atomic mass is 10.0. The molecule has 5 heteroatoms. The molecule has 0 saturated heterocycles. The molecule has 0 spiro atoms. The van der Waals surface area contributed by atoms with Crippen LogP contribution in [0.4, 0.5) is 5.69 Å². The maximum Gasteiger partial charge on any atom is 0.242 e. The largest absolute Gasteiger partial charge is 0.384 e. The Morgan fingerprint density at radius 1 is 1.20 bits per heavy atom. The monoisotopic (exact) mass is 294 g/mol. The zero-order valence-corrected chi connectivity index (χ0v) is 12.9. The number of hydrogen-bond acceptors (Lipinski definition) is 3. The zero-order valence-electron chi connectivity index (χ0n) is 12.1. The van der Waals surface area contributed by atoms with Crippen LogP contribution in [0.2, 0.25) is 0 Å². The SMILES string of the molecule is CN(C)S(=O)(=O)c1ccc(NCC2(C3CC3)CC2)cc1. The topological polar surface area (TPSA) is 49.4 Å². The third-order valence-electron chi connectivity index (χ3n) is 4.61. The van der Waals surface area contributed by atoms with Crippen LogP contribution in [-0.2, 0) is 10.0 Å². The highest BCUT2D eigenvalue weighted by Gasteiger charge is 2.53. The van der Waals surface area contributed by atoms with E-state index < -0.39 is 10.0 Å². The number of rotatable bonds is 6. The molecule has 1 aromatic rings. The third-order valence-corrected chi connectivity index (χ3v) is 6.44. The van der Waals surface area contributed by atoms with Crippen LogP contribution in [0.15, 0.2) is 29.2 Å². The van der Waals surface area contributed by atoms with Crippen molar-refractivity contribution in [3.63, 3.8) is 0 Å². The van der Waals surface area contributed by atoms with Crippen molar-refractivity contribution < 1.29 is 8.42 Å². The van der Waals surface area contributed by atoms with Gasteiger partial charge in [-0.2, -0.15) is 0 Å². The lowest BCUT2D eigenvalue weighted by Crippen LogP contribution is -2.22. The summed E-state index contributed by atoms with van der Waals surface area (Å²) in [6.07, 6.45) is 5.47. The van der Waals surface area contributed by atoms with Crippen LogP contribution in [0.5, 0.6) is 0 Å². The van der Waals surface area contributed by atoms with E-state index >= 15 is 0 Å². The van der Waals surface area contributed by atoms with Crippen LogP contribution < -0.4 is 5.32 Å². The van der Waals surface area contributed by atoms with Crippen molar-refractivity contribution in [2.45, 2.75) is 30.6 Å². The van der Waals surface area contributed by atoms with Crippen molar-refractivity contribution in [3.05, 3.63) is 24.3 Å². The Bertz CT molecular complexity index is 585. The van der Waals surface area contributed by atoms with Gasteiger partial charge < -0.3 is 5.32 Å². The van der Waals surface area contributed by atoms with Gasteiger partial charge >= 0.3 is 0 Å². The van der Waals surface area contributed by atoms with Crippen LogP contribution >= 0.6 is 0 Å². The number of anilines is 1. The van der Waals surface area contributed by atoms with E-state index in [9.17, 15) is 8.42 Å². The van der Waals surface area contributed by atoms with Crippen LogP contribution in [0, 0.1) is 11.3 Å². The van der Waals surface area contributed by atoms with Gasteiger partial charge in [-0.15, -0.1) is 0 Å². The summed E-state index contributed by atoms with van der Waals surface area (Å²) in [6.45, 7) is 1.03. The molecule has 20 heavy (non-hydrogen) atoms. The molecule has 4 nitrogen and oxygen atoms in total. The maximum atomic E-state index is 12.0. The van der Waals surface area contributed by atoms with Gasteiger partial charge in [-0.25, -0.2) is 12.7 Å². The Hall–Kier alpha value is -1.07. The van der Waals surface area contributed by atoms with Gasteiger partial charge in [-0.3, -0.25) is 0 Å². The van der Waals surface area contributed by atoms with Crippen LogP contribution in [-0.4, -0.2) is 33.4 Å². The molecule has 0 aliphatic heterocycles. The van der Waals surface area contributed by atoms with Crippen molar-refractivity contribution in [1.82, 2.24) is 4.31 Å². The first-order valence-electron chi connectivity index (χ1n) is 7.21. The number of nitrogens with one attached hydrogen (secondary N) is 1. The Morgan fingerprint density at radius 2 is 1.80 bits per heavy atom. The molecule has 0 bridgehead atoms. The fourth-order valence-corrected chi connectivity index (χ4v) is 3.72. The van der Waals surface area contributed by atoms with Crippen LogP contribution in [0.25, 0.3) is 0 Å². The number of benzene rings is 1. The molecule has 0 aromatic heterocycles. The molecular weight excluding hydrogens is 272 g/mol. The summed E-state index contributed by atoms with van der Waals surface area (Å²) in [5.41, 5.74) is 1.56. The average molecular weight is 294 g/mol. The second-order valence-electron chi connectivity index (χ2n) is 6.30. The first kappa shape index (κ1) is 13.9. The van der Waals surface area contributed by atoms with Crippen molar-refractivity contribution in [2.75, 3.05) is 26.0 Å². The molecule has 0 amide bonds. The van der Waals surface area contributed by atoms with Gasteiger partial charge in [-0.05, 0) is 61.3 Å². The number of sulfonamides is 1. The average Bonchev–Trinajstić information content (AvgIpc) is 3.28. The minimum absolute atomic E-state index is 0.344. The second kappa shape index (κ2) is 4.74. The van der Waals surface area contributed by atoms with E-state index in [4.69, 9.17) is 0 Å². The molecule has 2 aliphatic rings. The molecule has 2 fully saturated rings. The first-order chi connectivity index (χ1) is 9.44. The third kappa shape index (κ3) is 2.56. The Labute approximate surface area is 121 Å². The Balaban J connectivity index is 1.65. The van der Waals surface area contributed by atoms with E-state index in [0.717, 1.165) is 18.2 Å². The predicted octanol–water partition coefficient (Wildman–Crippen LogP) is 2.54. The van der Waals surface area contributed by atoms with Gasteiger partial charge in [0.25, 0.3) is 0 Å². The van der Waals surface area contributed by atoms with Gasteiger partial charge in [0, 0.05) is 26.3 Å². The summed E-state index contributed by atoms with van der Waals surface area (Å²) in [6, 6.07) is 7.07. The van der Waals surface area contributed by atoms with E-state index in [1.165, 1.54) is 30.0 Å². The van der Waals surface area contributed by atoms with Crippen molar-refractivity contribution in [1.29, 1.82) is 0 Å². The molecule has 2 aliphatic carbocycles. The number of nitrogens with zero attached hydrogens (tertiary/aromatic N) is 1. The van der Waals surface area contributed by atoms with E-state index in [1.807, 2.05) is 12.1 Å². The molecule has 110 valence electrons. The minimum atomic E-state index is -3.32. The summed E-state index contributed by atoms with van der Waals surface area (Å²) in [7, 11) is -0.223. The van der Waals surface area contributed by atoms with E-state index in [2.05, 4.69) is 5.32 Å². The predicted molar refractivity (Wildman–Crippen MR) is 80.2 cm³/mol. The van der Waals surface area contributed by atoms with Gasteiger partial charge in [0.05, 0.1) is 4.90 Å². The highest BCUT2D eigenvalue weighted by atomic mass is 32.2. The molecule has 0 unspecified atom stereocenters. The van der Waals surface area contributed by atoms with Crippen molar-refractivity contribution >= 4 is 15.7 Å². The molecule has 0 radical (unpaired) electrons. The van der Waals surface area contributed by atoms with Gasteiger partial charge in [0.2, 0.25) is 10.0 Å². The quantitative estimate of drug-likeness (QED) is 0.877. The van der Waals surface area contributed by atoms with E-state index in [-0.39, 0.29) is 0 Å². The lowest BCUT2D eigenvalue weighted by molar-refractivity contribution is 0.467. The highest BCUT2D eigenvalue weighted by Crippen LogP contribution is 2.61. The first-order valence-corrected chi connectivity index (χ1v) is 8.65. The fraction of sp³-hybridized carbons (Fsp3) is 0.600. The molecule has 0 heterocycles. The normalized spacial score (nSPS) is 20.9. The minimum Gasteiger partial charge on any atom is -0.384 e. The molecule has 2 saturated carbocycles. The van der Waals surface area contributed by atoms with Crippen molar-refractivity contribution in [3.8, 4) is 0 Å². The van der Waals surface area contributed by atoms with E-state index in [0.29, 0.717) is 10.3 Å². The molecule has 1 N–H and O–H groups in total. The Kier molecular flexibility index (Phi) is 3.29. The summed E-state index contributed by atoms with van der Waals surface area (Å²) < 4.78 is 25.2. The molecule has 3 rings (SSSR count). The van der Waals surface area contributed by atoms with Crippen LogP contribution in [0.3, 0.4) is 0 Å². The number of hydrogen-bond donors (Lipinski definition) is 1. The summed E-state index contributed by atoms with van der Waals surface area (Å²) >= 11 is 0. The standard InChI is InChI=1S/C15H22N2O2S/c1-17(2)20(18,19)14-7-5-13(6-8-14)16-11-15(9-10-15)12-3-4-12/h5-8,12,16H,3-4,9-11H2,1-2H3. The smallest absolute Gasteiger partial charge is 0.242 e. The van der Waals surface area contributed by atoms with Gasteiger partial charge in [0.15, 0.2) is 0 Å². The van der Waals surface area contributed by atoms with Gasteiger partial charge in [0.1, 0.15) is 0 Å².